The molecule has 0 bridgehead atoms. The third-order valence-electron chi connectivity index (χ3n) is 6.79. The second kappa shape index (κ2) is 11.8. The van der Waals surface area contributed by atoms with Crippen molar-refractivity contribution in [1.29, 1.82) is 0 Å². The largest absolute Gasteiger partial charge is 0.489 e. The maximum Gasteiger partial charge on any atom is 0.416 e. The Morgan fingerprint density at radius 2 is 1.54 bits per heavy atom. The Labute approximate surface area is 239 Å². The molecule has 0 N–H and O–H groups in total. The van der Waals surface area contributed by atoms with Gasteiger partial charge in [-0.2, -0.15) is 13.2 Å². The molecule has 4 nitrogen and oxygen atoms in total. The third kappa shape index (κ3) is 6.50. The second-order valence-electron chi connectivity index (χ2n) is 9.76. The van der Waals surface area contributed by atoms with Crippen LogP contribution in [0.2, 0.25) is 0 Å². The maximum atomic E-state index is 13.2. The van der Waals surface area contributed by atoms with E-state index in [4.69, 9.17) is 18.9 Å². The number of fused-ring (bicyclic) bond motifs is 1. The van der Waals surface area contributed by atoms with Crippen molar-refractivity contribution in [3.8, 4) is 33.4 Å². The van der Waals surface area contributed by atoms with Crippen LogP contribution in [0.25, 0.3) is 20.5 Å². The lowest BCUT2D eigenvalue weighted by molar-refractivity contribution is -0.137. The second-order valence-corrected chi connectivity index (χ2v) is 10.8. The van der Waals surface area contributed by atoms with E-state index in [2.05, 4.69) is 0 Å². The lowest BCUT2D eigenvalue weighted by Gasteiger charge is -2.23. The SMILES string of the molecule is FC(F)(F)c1ccc(-c2sc3cc(OCc4ccccc4)ccc3c2Oc2ccc(OC3CCCCO3)cc2)cc1. The van der Waals surface area contributed by atoms with Crippen molar-refractivity contribution in [2.45, 2.75) is 38.3 Å². The zero-order valence-electron chi connectivity index (χ0n) is 22.0. The summed E-state index contributed by atoms with van der Waals surface area (Å²) in [7, 11) is 0. The van der Waals surface area contributed by atoms with E-state index >= 15 is 0 Å². The normalized spacial score (nSPS) is 15.5. The minimum absolute atomic E-state index is 0.249. The van der Waals surface area contributed by atoms with Gasteiger partial charge >= 0.3 is 6.18 Å². The van der Waals surface area contributed by atoms with Crippen molar-refractivity contribution in [1.82, 2.24) is 0 Å². The summed E-state index contributed by atoms with van der Waals surface area (Å²) in [5, 5.41) is 0.841. The molecule has 4 aromatic carbocycles. The lowest BCUT2D eigenvalue weighted by atomic mass is 10.1. The first kappa shape index (κ1) is 27.2. The van der Waals surface area contributed by atoms with Crippen molar-refractivity contribution < 1.29 is 32.1 Å². The molecule has 6 rings (SSSR count). The number of thiophene rings is 1. The molecule has 1 aliphatic heterocycles. The highest BCUT2D eigenvalue weighted by molar-refractivity contribution is 7.22. The van der Waals surface area contributed by atoms with E-state index in [0.717, 1.165) is 51.9 Å². The van der Waals surface area contributed by atoms with Gasteiger partial charge in [-0.05, 0) is 78.6 Å². The summed E-state index contributed by atoms with van der Waals surface area (Å²) in [6, 6.07) is 28.0. The van der Waals surface area contributed by atoms with Gasteiger partial charge in [0.25, 0.3) is 0 Å². The number of hydrogen-bond donors (Lipinski definition) is 0. The number of alkyl halides is 3. The fourth-order valence-electron chi connectivity index (χ4n) is 4.65. The molecule has 2 heterocycles. The number of halogens is 3. The van der Waals surface area contributed by atoms with Crippen molar-refractivity contribution >= 4 is 21.4 Å². The van der Waals surface area contributed by atoms with Crippen LogP contribution in [0.1, 0.15) is 30.4 Å². The summed E-state index contributed by atoms with van der Waals surface area (Å²) in [6.45, 7) is 1.12. The molecule has 1 saturated heterocycles. The van der Waals surface area contributed by atoms with Gasteiger partial charge in [0.2, 0.25) is 0 Å². The summed E-state index contributed by atoms with van der Waals surface area (Å²) >= 11 is 1.44. The fraction of sp³-hybridized carbons (Fsp3) is 0.212. The average Bonchev–Trinajstić information content (AvgIpc) is 3.35. The summed E-state index contributed by atoms with van der Waals surface area (Å²) in [5.74, 6) is 2.53. The van der Waals surface area contributed by atoms with Crippen LogP contribution in [0, 0.1) is 0 Å². The first-order valence-electron chi connectivity index (χ1n) is 13.4. The number of benzene rings is 4. The Bertz CT molecular complexity index is 1590. The van der Waals surface area contributed by atoms with Gasteiger partial charge in [-0.1, -0.05) is 42.5 Å². The van der Waals surface area contributed by atoms with E-state index in [1.165, 1.54) is 23.5 Å². The molecule has 41 heavy (non-hydrogen) atoms. The summed E-state index contributed by atoms with van der Waals surface area (Å²) < 4.78 is 64.6. The number of hydrogen-bond acceptors (Lipinski definition) is 5. The average molecular weight is 577 g/mol. The molecule has 1 fully saturated rings. The van der Waals surface area contributed by atoms with Crippen LogP contribution in [-0.4, -0.2) is 12.9 Å². The molecule has 0 aliphatic carbocycles. The van der Waals surface area contributed by atoms with Crippen molar-refractivity contribution in [3.05, 3.63) is 108 Å². The van der Waals surface area contributed by atoms with Gasteiger partial charge in [0.1, 0.15) is 23.9 Å². The molecule has 1 unspecified atom stereocenters. The Balaban J connectivity index is 1.29. The quantitative estimate of drug-likeness (QED) is 0.184. The van der Waals surface area contributed by atoms with Gasteiger partial charge in [-0.3, -0.25) is 0 Å². The van der Waals surface area contributed by atoms with Crippen LogP contribution in [0.15, 0.2) is 97.1 Å². The first-order chi connectivity index (χ1) is 19.9. The predicted molar refractivity (Wildman–Crippen MR) is 154 cm³/mol. The zero-order chi connectivity index (χ0) is 28.2. The smallest absolute Gasteiger partial charge is 0.416 e. The van der Waals surface area contributed by atoms with Gasteiger partial charge in [0, 0.05) is 16.5 Å². The Morgan fingerprint density at radius 1 is 0.805 bits per heavy atom. The first-order valence-corrected chi connectivity index (χ1v) is 14.2. The Morgan fingerprint density at radius 3 is 2.24 bits per heavy atom. The topological polar surface area (TPSA) is 36.9 Å². The molecule has 1 aromatic heterocycles. The van der Waals surface area contributed by atoms with Crippen LogP contribution in [0.4, 0.5) is 13.2 Å². The van der Waals surface area contributed by atoms with Crippen molar-refractivity contribution in [2.24, 2.45) is 0 Å². The summed E-state index contributed by atoms with van der Waals surface area (Å²) in [6.07, 6.45) is -1.69. The number of ether oxygens (including phenoxy) is 4. The Hall–Kier alpha value is -4.01. The molecule has 0 amide bonds. The standard InChI is InChI=1S/C33H27F3O4S/c34-33(35,36)24-11-9-23(10-12-24)32-31(40-26-15-13-25(14-16-26)39-30-8-4-5-19-37-30)28-18-17-27(20-29(28)41-32)38-21-22-6-2-1-3-7-22/h1-3,6-7,9-18,20,30H,4-5,8,19,21H2. The van der Waals surface area contributed by atoms with Gasteiger partial charge in [-0.15, -0.1) is 11.3 Å². The van der Waals surface area contributed by atoms with Crippen LogP contribution >= 0.6 is 11.3 Å². The summed E-state index contributed by atoms with van der Waals surface area (Å²) in [5.41, 5.74) is 0.991. The molecular weight excluding hydrogens is 549 g/mol. The molecule has 1 aliphatic rings. The molecule has 8 heteroatoms. The van der Waals surface area contributed by atoms with Gasteiger partial charge in [0.05, 0.1) is 17.0 Å². The van der Waals surface area contributed by atoms with Crippen molar-refractivity contribution in [2.75, 3.05) is 6.61 Å². The molecule has 1 atom stereocenters. The van der Waals surface area contributed by atoms with Crippen LogP contribution in [0.5, 0.6) is 23.0 Å². The minimum atomic E-state index is -4.41. The lowest BCUT2D eigenvalue weighted by Crippen LogP contribution is -2.24. The highest BCUT2D eigenvalue weighted by Crippen LogP contribution is 2.47. The van der Waals surface area contributed by atoms with E-state index < -0.39 is 11.7 Å². The van der Waals surface area contributed by atoms with E-state index in [1.807, 2.05) is 72.8 Å². The van der Waals surface area contributed by atoms with E-state index in [-0.39, 0.29) is 6.29 Å². The fourth-order valence-corrected chi connectivity index (χ4v) is 5.81. The molecule has 210 valence electrons. The highest BCUT2D eigenvalue weighted by Gasteiger charge is 2.30. The summed E-state index contributed by atoms with van der Waals surface area (Å²) in [4.78, 5) is 0.727. The molecule has 0 spiro atoms. The van der Waals surface area contributed by atoms with Crippen molar-refractivity contribution in [3.63, 3.8) is 0 Å². The highest BCUT2D eigenvalue weighted by atomic mass is 32.1. The monoisotopic (exact) mass is 576 g/mol. The maximum absolute atomic E-state index is 13.2. The Kier molecular flexibility index (Phi) is 7.85. The van der Waals surface area contributed by atoms with Crippen LogP contribution in [-0.2, 0) is 17.5 Å². The molecule has 5 aromatic rings. The molecule has 0 radical (unpaired) electrons. The third-order valence-corrected chi connectivity index (χ3v) is 7.97. The van der Waals surface area contributed by atoms with Gasteiger partial charge < -0.3 is 18.9 Å². The number of rotatable bonds is 8. The van der Waals surface area contributed by atoms with E-state index in [1.54, 1.807) is 0 Å². The van der Waals surface area contributed by atoms with Crippen LogP contribution < -0.4 is 14.2 Å². The van der Waals surface area contributed by atoms with E-state index in [9.17, 15) is 13.2 Å². The van der Waals surface area contributed by atoms with E-state index in [0.29, 0.717) is 41.8 Å². The van der Waals surface area contributed by atoms with Gasteiger partial charge in [0.15, 0.2) is 12.0 Å². The molecule has 0 saturated carbocycles. The van der Waals surface area contributed by atoms with Gasteiger partial charge in [-0.25, -0.2) is 0 Å². The zero-order valence-corrected chi connectivity index (χ0v) is 22.8. The van der Waals surface area contributed by atoms with Crippen LogP contribution in [0.3, 0.4) is 0 Å². The minimum Gasteiger partial charge on any atom is -0.489 e. The predicted octanol–water partition coefficient (Wildman–Crippen LogP) is 9.86. The molecular formula is C33H27F3O4S.